The van der Waals surface area contributed by atoms with Crippen LogP contribution in [0.4, 0.5) is 10.5 Å². The first kappa shape index (κ1) is 14.9. The number of hydrogen-bond donors (Lipinski definition) is 1. The molecule has 8 nitrogen and oxygen atoms in total. The zero-order valence-corrected chi connectivity index (χ0v) is 12.8. The van der Waals surface area contributed by atoms with Gasteiger partial charge in [0.2, 0.25) is 0 Å². The normalized spacial score (nSPS) is 12.1. The van der Waals surface area contributed by atoms with Crippen LogP contribution in [0, 0.1) is 0 Å². The van der Waals surface area contributed by atoms with Crippen LogP contribution in [0.1, 0.15) is 26.3 Å². The molecule has 0 saturated heterocycles. The Bertz CT molecular complexity index is 817. The first-order chi connectivity index (χ1) is 11.2. The molecule has 0 saturated carbocycles. The van der Waals surface area contributed by atoms with Crippen LogP contribution in [0.5, 0.6) is 5.88 Å². The fraction of sp³-hybridized carbons (Fsp3) is 0.267. The van der Waals surface area contributed by atoms with E-state index in [1.54, 1.807) is 16.8 Å². The molecule has 1 atom stereocenters. The maximum atomic E-state index is 12.0. The average molecular weight is 312 g/mol. The number of anilines is 1. The average Bonchev–Trinajstić information content (AvgIpc) is 3.00. The van der Waals surface area contributed by atoms with Crippen LogP contribution < -0.4 is 10.1 Å². The smallest absolute Gasteiger partial charge is 0.388 e. The van der Waals surface area contributed by atoms with Crippen molar-refractivity contribution < 1.29 is 9.53 Å². The van der Waals surface area contributed by atoms with Crippen molar-refractivity contribution in [2.24, 2.45) is 0 Å². The Kier molecular flexibility index (Phi) is 4.13. The summed E-state index contributed by atoms with van der Waals surface area (Å²) >= 11 is 0. The van der Waals surface area contributed by atoms with Gasteiger partial charge in [0.25, 0.3) is 5.88 Å². The molecule has 118 valence electrons. The lowest BCUT2D eigenvalue weighted by Gasteiger charge is -2.08. The Labute approximate surface area is 132 Å². The third-order valence-corrected chi connectivity index (χ3v) is 3.45. The van der Waals surface area contributed by atoms with Crippen LogP contribution in [0.2, 0.25) is 0 Å². The van der Waals surface area contributed by atoms with Crippen LogP contribution in [0.3, 0.4) is 0 Å². The Morgan fingerprint density at radius 1 is 1.30 bits per heavy atom. The molecule has 3 rings (SSSR count). The van der Waals surface area contributed by atoms with Crippen molar-refractivity contribution in [3.8, 4) is 5.88 Å². The quantitative estimate of drug-likeness (QED) is 0.796. The number of para-hydroxylation sites is 1. The van der Waals surface area contributed by atoms with Gasteiger partial charge in [-0.15, -0.1) is 5.10 Å². The lowest BCUT2D eigenvalue weighted by molar-refractivity contribution is 0.214. The molecule has 8 heteroatoms. The highest BCUT2D eigenvalue weighted by atomic mass is 16.6. The van der Waals surface area contributed by atoms with E-state index in [4.69, 9.17) is 4.74 Å². The molecule has 3 aromatic rings. The largest absolute Gasteiger partial charge is 0.418 e. The summed E-state index contributed by atoms with van der Waals surface area (Å²) in [6, 6.07) is 9.15. The van der Waals surface area contributed by atoms with Crippen LogP contribution in [0.15, 0.2) is 36.7 Å². The van der Waals surface area contributed by atoms with Crippen molar-refractivity contribution in [2.75, 3.05) is 5.32 Å². The number of hydrogen-bond acceptors (Lipinski definition) is 6. The van der Waals surface area contributed by atoms with E-state index in [0.29, 0.717) is 16.9 Å². The van der Waals surface area contributed by atoms with Gasteiger partial charge >= 0.3 is 6.09 Å². The maximum absolute atomic E-state index is 12.0. The first-order valence-corrected chi connectivity index (χ1v) is 7.28. The summed E-state index contributed by atoms with van der Waals surface area (Å²) in [5, 5.41) is 10.7. The second-order valence-electron chi connectivity index (χ2n) is 5.02. The molecule has 1 aromatic carbocycles. The molecular formula is C15H16N6O2. The number of rotatable bonds is 4. The molecule has 1 amide bonds. The molecular weight excluding hydrogens is 296 g/mol. The number of ether oxygens (including phenoxy) is 1. The summed E-state index contributed by atoms with van der Waals surface area (Å²) in [5.41, 5.74) is 1.53. The molecule has 0 radical (unpaired) electrons. The van der Waals surface area contributed by atoms with E-state index in [2.05, 4.69) is 25.6 Å². The number of benzene rings is 1. The Balaban J connectivity index is 1.83. The number of aromatic nitrogens is 5. The minimum Gasteiger partial charge on any atom is -0.388 e. The molecule has 0 fully saturated rings. The monoisotopic (exact) mass is 312 g/mol. The third kappa shape index (κ3) is 3.10. The lowest BCUT2D eigenvalue weighted by atomic mass is 10.3. The molecule has 0 aliphatic rings. The summed E-state index contributed by atoms with van der Waals surface area (Å²) in [6.07, 6.45) is 1.57. The molecule has 0 bridgehead atoms. The summed E-state index contributed by atoms with van der Waals surface area (Å²) < 4.78 is 6.93. The number of carbonyl (C=O) groups is 1. The van der Waals surface area contributed by atoms with Crippen molar-refractivity contribution in [1.82, 2.24) is 25.0 Å². The van der Waals surface area contributed by atoms with Crippen LogP contribution in [-0.2, 0) is 0 Å². The van der Waals surface area contributed by atoms with Crippen LogP contribution in [-0.4, -0.2) is 31.1 Å². The Morgan fingerprint density at radius 2 is 2.09 bits per heavy atom. The number of carbonyl (C=O) groups excluding carboxylic acids is 1. The van der Waals surface area contributed by atoms with E-state index < -0.39 is 6.09 Å². The third-order valence-electron chi connectivity index (χ3n) is 3.45. The standard InChI is InChI=1S/C15H16N6O2/c1-3-10(2)21-13-12(19-20-21)14(17-9-16-13)23-15(22)18-11-7-5-4-6-8-11/h4-10H,3H2,1-2H3,(H,18,22). The predicted octanol–water partition coefficient (Wildman–Crippen LogP) is 2.80. The van der Waals surface area contributed by atoms with Gasteiger partial charge in [-0.25, -0.2) is 14.5 Å². The zero-order chi connectivity index (χ0) is 16.2. The van der Waals surface area contributed by atoms with E-state index in [0.717, 1.165) is 6.42 Å². The van der Waals surface area contributed by atoms with E-state index in [1.807, 2.05) is 32.0 Å². The van der Waals surface area contributed by atoms with Gasteiger partial charge in [-0.1, -0.05) is 30.3 Å². The van der Waals surface area contributed by atoms with Crippen molar-refractivity contribution in [1.29, 1.82) is 0 Å². The highest BCUT2D eigenvalue weighted by Gasteiger charge is 2.17. The Morgan fingerprint density at radius 3 is 2.83 bits per heavy atom. The van der Waals surface area contributed by atoms with Crippen molar-refractivity contribution >= 4 is 22.9 Å². The topological polar surface area (TPSA) is 94.8 Å². The summed E-state index contributed by atoms with van der Waals surface area (Å²) in [4.78, 5) is 20.1. The van der Waals surface area contributed by atoms with Crippen molar-refractivity contribution in [3.63, 3.8) is 0 Å². The first-order valence-electron chi connectivity index (χ1n) is 7.28. The van der Waals surface area contributed by atoms with Gasteiger partial charge in [0, 0.05) is 5.69 Å². The summed E-state index contributed by atoms with van der Waals surface area (Å²) in [6.45, 7) is 4.06. The molecule has 23 heavy (non-hydrogen) atoms. The van der Waals surface area contributed by atoms with E-state index in [9.17, 15) is 4.79 Å². The zero-order valence-electron chi connectivity index (χ0n) is 12.8. The fourth-order valence-corrected chi connectivity index (χ4v) is 2.04. The van der Waals surface area contributed by atoms with Gasteiger partial charge < -0.3 is 4.74 Å². The maximum Gasteiger partial charge on any atom is 0.418 e. The number of nitrogens with one attached hydrogen (secondary N) is 1. The molecule has 0 spiro atoms. The minimum atomic E-state index is -0.644. The van der Waals surface area contributed by atoms with Gasteiger partial charge in [-0.2, -0.15) is 4.98 Å². The lowest BCUT2D eigenvalue weighted by Crippen LogP contribution is -2.17. The van der Waals surface area contributed by atoms with Crippen LogP contribution >= 0.6 is 0 Å². The summed E-state index contributed by atoms with van der Waals surface area (Å²) in [7, 11) is 0. The Hall–Kier alpha value is -3.03. The van der Waals surface area contributed by atoms with E-state index in [1.165, 1.54) is 6.33 Å². The van der Waals surface area contributed by atoms with Gasteiger partial charge in [-0.3, -0.25) is 5.32 Å². The number of fused-ring (bicyclic) bond motifs is 1. The number of amides is 1. The fourth-order valence-electron chi connectivity index (χ4n) is 2.04. The highest BCUT2D eigenvalue weighted by molar-refractivity contribution is 5.88. The molecule has 1 unspecified atom stereocenters. The van der Waals surface area contributed by atoms with Gasteiger partial charge in [0.05, 0.1) is 6.04 Å². The van der Waals surface area contributed by atoms with Gasteiger partial charge in [-0.05, 0) is 25.5 Å². The second-order valence-corrected chi connectivity index (χ2v) is 5.02. The van der Waals surface area contributed by atoms with Gasteiger partial charge in [0.15, 0.2) is 11.2 Å². The SMILES string of the molecule is CCC(C)n1nnc2c(OC(=O)Nc3ccccc3)ncnc21. The number of nitrogens with zero attached hydrogens (tertiary/aromatic N) is 5. The van der Waals surface area contributed by atoms with Crippen molar-refractivity contribution in [2.45, 2.75) is 26.3 Å². The molecule has 0 aliphatic heterocycles. The van der Waals surface area contributed by atoms with E-state index >= 15 is 0 Å². The van der Waals surface area contributed by atoms with Gasteiger partial charge in [0.1, 0.15) is 6.33 Å². The van der Waals surface area contributed by atoms with E-state index in [-0.39, 0.29) is 11.9 Å². The molecule has 1 N–H and O–H groups in total. The molecule has 2 aromatic heterocycles. The van der Waals surface area contributed by atoms with Crippen LogP contribution in [0.25, 0.3) is 11.2 Å². The summed E-state index contributed by atoms with van der Waals surface area (Å²) in [5.74, 6) is 0.0815. The predicted molar refractivity (Wildman–Crippen MR) is 84.2 cm³/mol. The molecule has 2 heterocycles. The van der Waals surface area contributed by atoms with Crippen molar-refractivity contribution in [3.05, 3.63) is 36.7 Å². The minimum absolute atomic E-state index is 0.0815. The second kappa shape index (κ2) is 6.39. The highest BCUT2D eigenvalue weighted by Crippen LogP contribution is 2.22. The molecule has 0 aliphatic carbocycles.